The fraction of sp³-hybridized carbons (Fsp3) is 0.333. The van der Waals surface area contributed by atoms with Gasteiger partial charge in [0.1, 0.15) is 18.2 Å². The molecule has 0 radical (unpaired) electrons. The zero-order valence-electron chi connectivity index (χ0n) is 15.3. The van der Waals surface area contributed by atoms with E-state index >= 15 is 0 Å². The number of ether oxygens (including phenoxy) is 2. The smallest absolute Gasteiger partial charge is 0.312 e. The molecule has 28 heavy (non-hydrogen) atoms. The van der Waals surface area contributed by atoms with E-state index in [0.29, 0.717) is 23.5 Å². The van der Waals surface area contributed by atoms with Crippen LogP contribution < -0.4 is 10.1 Å². The maximum absolute atomic E-state index is 13.0. The number of carboxylic acid groups (broad SMARTS) is 1. The second-order valence-corrected chi connectivity index (χ2v) is 6.62. The fourth-order valence-corrected chi connectivity index (χ4v) is 3.01. The van der Waals surface area contributed by atoms with Crippen molar-refractivity contribution in [2.75, 3.05) is 19.8 Å². The minimum Gasteiger partial charge on any atom is -0.491 e. The fourth-order valence-electron chi connectivity index (χ4n) is 3.01. The normalized spacial score (nSPS) is 17.1. The summed E-state index contributed by atoms with van der Waals surface area (Å²) in [5.74, 6) is -2.25. The van der Waals surface area contributed by atoms with Gasteiger partial charge in [-0.3, -0.25) is 9.59 Å². The molecule has 1 amide bonds. The quantitative estimate of drug-likeness (QED) is 0.727. The van der Waals surface area contributed by atoms with Gasteiger partial charge in [0, 0.05) is 18.7 Å². The lowest BCUT2D eigenvalue weighted by Gasteiger charge is -2.14. The van der Waals surface area contributed by atoms with Gasteiger partial charge in [-0.05, 0) is 54.8 Å². The zero-order chi connectivity index (χ0) is 19.9. The second kappa shape index (κ2) is 9.32. The van der Waals surface area contributed by atoms with Gasteiger partial charge in [0.25, 0.3) is 5.91 Å². The first-order chi connectivity index (χ1) is 13.5. The summed E-state index contributed by atoms with van der Waals surface area (Å²) in [4.78, 5) is 23.8. The minimum atomic E-state index is -1.09. The molecule has 7 heteroatoms. The molecule has 2 atom stereocenters. The number of halogens is 1. The Morgan fingerprint density at radius 1 is 1.18 bits per heavy atom. The summed E-state index contributed by atoms with van der Waals surface area (Å²) in [5.41, 5.74) is 0.819. The van der Waals surface area contributed by atoms with E-state index in [4.69, 9.17) is 9.47 Å². The summed E-state index contributed by atoms with van der Waals surface area (Å²) in [7, 11) is 0. The van der Waals surface area contributed by atoms with Crippen molar-refractivity contribution in [3.63, 3.8) is 0 Å². The average Bonchev–Trinajstić information content (AvgIpc) is 3.21. The monoisotopic (exact) mass is 387 g/mol. The number of rotatable bonds is 8. The van der Waals surface area contributed by atoms with E-state index in [1.54, 1.807) is 24.3 Å². The molecule has 2 unspecified atom stereocenters. The van der Waals surface area contributed by atoms with E-state index in [-0.39, 0.29) is 18.6 Å². The van der Waals surface area contributed by atoms with E-state index < -0.39 is 17.7 Å². The van der Waals surface area contributed by atoms with E-state index in [9.17, 15) is 19.1 Å². The molecule has 1 heterocycles. The van der Waals surface area contributed by atoms with Gasteiger partial charge in [0.15, 0.2) is 0 Å². The predicted octanol–water partition coefficient (Wildman–Crippen LogP) is 2.98. The van der Waals surface area contributed by atoms with Crippen molar-refractivity contribution in [3.05, 3.63) is 65.5 Å². The Kier molecular flexibility index (Phi) is 6.60. The third kappa shape index (κ3) is 5.29. The Labute approximate surface area is 162 Å². The molecule has 0 saturated carbocycles. The molecule has 2 aromatic rings. The number of amides is 1. The van der Waals surface area contributed by atoms with Gasteiger partial charge in [0.2, 0.25) is 0 Å². The Hall–Kier alpha value is -2.93. The van der Waals surface area contributed by atoms with Gasteiger partial charge in [0.05, 0.1) is 12.0 Å². The first-order valence-corrected chi connectivity index (χ1v) is 9.14. The maximum atomic E-state index is 13.0. The highest BCUT2D eigenvalue weighted by molar-refractivity contribution is 5.94. The van der Waals surface area contributed by atoms with Crippen LogP contribution in [0.3, 0.4) is 0 Å². The zero-order valence-corrected chi connectivity index (χ0v) is 15.3. The Morgan fingerprint density at radius 2 is 1.89 bits per heavy atom. The van der Waals surface area contributed by atoms with Gasteiger partial charge < -0.3 is 19.9 Å². The Morgan fingerprint density at radius 3 is 2.50 bits per heavy atom. The van der Waals surface area contributed by atoms with Crippen molar-refractivity contribution in [2.45, 2.75) is 24.9 Å². The van der Waals surface area contributed by atoms with Crippen LogP contribution in [-0.4, -0.2) is 42.8 Å². The van der Waals surface area contributed by atoms with Crippen LogP contribution in [0.15, 0.2) is 48.5 Å². The summed E-state index contributed by atoms with van der Waals surface area (Å²) < 4.78 is 24.2. The lowest BCUT2D eigenvalue weighted by atomic mass is 9.99. The van der Waals surface area contributed by atoms with Gasteiger partial charge in [-0.2, -0.15) is 0 Å². The van der Waals surface area contributed by atoms with E-state index in [1.807, 2.05) is 0 Å². The second-order valence-electron chi connectivity index (χ2n) is 6.62. The number of carbonyl (C=O) groups excluding carboxylic acids is 1. The number of nitrogens with one attached hydrogen (secondary N) is 1. The van der Waals surface area contributed by atoms with Crippen LogP contribution in [0, 0.1) is 5.82 Å². The number of hydrogen-bond acceptors (Lipinski definition) is 4. The van der Waals surface area contributed by atoms with Crippen molar-refractivity contribution in [3.8, 4) is 5.75 Å². The van der Waals surface area contributed by atoms with Crippen LogP contribution >= 0.6 is 0 Å². The first kappa shape index (κ1) is 19.8. The van der Waals surface area contributed by atoms with Gasteiger partial charge >= 0.3 is 5.97 Å². The summed E-state index contributed by atoms with van der Waals surface area (Å²) in [6.45, 7) is 1.14. The molecule has 0 aromatic heterocycles. The summed E-state index contributed by atoms with van der Waals surface area (Å²) >= 11 is 0. The molecule has 0 spiro atoms. The number of benzene rings is 2. The van der Waals surface area contributed by atoms with Crippen LogP contribution in [0.5, 0.6) is 5.75 Å². The predicted molar refractivity (Wildman–Crippen MR) is 100 cm³/mol. The van der Waals surface area contributed by atoms with Gasteiger partial charge in [-0.25, -0.2) is 4.39 Å². The topological polar surface area (TPSA) is 84.9 Å². The van der Waals surface area contributed by atoms with Crippen molar-refractivity contribution in [1.82, 2.24) is 5.32 Å². The van der Waals surface area contributed by atoms with E-state index in [2.05, 4.69) is 5.32 Å². The van der Waals surface area contributed by atoms with Crippen LogP contribution in [0.2, 0.25) is 0 Å². The maximum Gasteiger partial charge on any atom is 0.312 e. The number of hydrogen-bond donors (Lipinski definition) is 2. The van der Waals surface area contributed by atoms with Crippen LogP contribution in [0.25, 0.3) is 0 Å². The molecule has 148 valence electrons. The van der Waals surface area contributed by atoms with Crippen molar-refractivity contribution in [1.29, 1.82) is 0 Å². The number of aliphatic carboxylic acids is 1. The lowest BCUT2D eigenvalue weighted by Crippen LogP contribution is -2.31. The molecule has 1 saturated heterocycles. The summed E-state index contributed by atoms with van der Waals surface area (Å²) in [6.07, 6.45) is 2.14. The first-order valence-electron chi connectivity index (χ1n) is 9.14. The molecule has 6 nitrogen and oxygen atoms in total. The molecule has 1 aliphatic heterocycles. The standard InChI is InChI=1S/C21H22FNO5/c22-16-7-3-14(4-8-16)19(21(25)26)12-23-20(24)15-5-9-17(10-6-15)28-13-18-2-1-11-27-18/h3-10,18-19H,1-2,11-13H2,(H,23,24)(H,25,26). The molecule has 2 aromatic carbocycles. The van der Waals surface area contributed by atoms with E-state index in [0.717, 1.165) is 19.4 Å². The molecule has 3 rings (SSSR count). The molecule has 0 bridgehead atoms. The third-order valence-electron chi connectivity index (χ3n) is 4.61. The molecule has 1 aliphatic rings. The van der Waals surface area contributed by atoms with Gasteiger partial charge in [-0.15, -0.1) is 0 Å². The number of carboxylic acids is 1. The largest absolute Gasteiger partial charge is 0.491 e. The Bertz CT molecular complexity index is 801. The average molecular weight is 387 g/mol. The highest BCUT2D eigenvalue weighted by atomic mass is 19.1. The molecule has 1 fully saturated rings. The molecular weight excluding hydrogens is 365 g/mol. The number of carbonyl (C=O) groups is 2. The highest BCUT2D eigenvalue weighted by Gasteiger charge is 2.21. The molecule has 2 N–H and O–H groups in total. The van der Waals surface area contributed by atoms with Crippen LogP contribution in [-0.2, 0) is 9.53 Å². The minimum absolute atomic E-state index is 0.100. The third-order valence-corrected chi connectivity index (χ3v) is 4.61. The van der Waals surface area contributed by atoms with Crippen molar-refractivity contribution in [2.24, 2.45) is 0 Å². The SMILES string of the molecule is O=C(NCC(C(=O)O)c1ccc(F)cc1)c1ccc(OCC2CCCO2)cc1. The van der Waals surface area contributed by atoms with Crippen LogP contribution in [0.4, 0.5) is 4.39 Å². The molecular formula is C21H22FNO5. The summed E-state index contributed by atoms with van der Waals surface area (Å²) in [6, 6.07) is 11.8. The lowest BCUT2D eigenvalue weighted by molar-refractivity contribution is -0.138. The summed E-state index contributed by atoms with van der Waals surface area (Å²) in [5, 5.41) is 12.0. The Balaban J connectivity index is 1.54. The van der Waals surface area contributed by atoms with Gasteiger partial charge in [-0.1, -0.05) is 12.1 Å². The highest BCUT2D eigenvalue weighted by Crippen LogP contribution is 2.18. The van der Waals surface area contributed by atoms with Crippen molar-refractivity contribution >= 4 is 11.9 Å². The van der Waals surface area contributed by atoms with E-state index in [1.165, 1.54) is 24.3 Å². The van der Waals surface area contributed by atoms with Crippen molar-refractivity contribution < 1.29 is 28.6 Å². The van der Waals surface area contributed by atoms with Crippen LogP contribution in [0.1, 0.15) is 34.7 Å². The molecule has 0 aliphatic carbocycles.